The van der Waals surface area contributed by atoms with Crippen LogP contribution in [0.1, 0.15) is 12.5 Å². The Morgan fingerprint density at radius 3 is 2.68 bits per heavy atom. The van der Waals surface area contributed by atoms with Crippen LogP contribution in [0.15, 0.2) is 59.8 Å². The molecular formula is C17H14ClN3O. The summed E-state index contributed by atoms with van der Waals surface area (Å²) in [6.07, 6.45) is 1.71. The van der Waals surface area contributed by atoms with Crippen LogP contribution in [0.2, 0.25) is 5.02 Å². The summed E-state index contributed by atoms with van der Waals surface area (Å²) in [5.74, 6) is 0.238. The normalized spacial score (nSPS) is 11.6. The largest absolute Gasteiger partial charge is 0.508 e. The molecule has 0 atom stereocenters. The SMILES string of the molecule is CC(=NNc1ccnc2cc(Cl)ccc12)c1ccc(O)cc1. The van der Waals surface area contributed by atoms with Crippen molar-refractivity contribution in [2.45, 2.75) is 6.92 Å². The van der Waals surface area contributed by atoms with Crippen molar-refractivity contribution >= 4 is 33.9 Å². The molecule has 3 aromatic rings. The number of halogens is 1. The summed E-state index contributed by atoms with van der Waals surface area (Å²) in [7, 11) is 0. The van der Waals surface area contributed by atoms with Crippen molar-refractivity contribution in [3.8, 4) is 5.75 Å². The van der Waals surface area contributed by atoms with Crippen LogP contribution in [0.5, 0.6) is 5.75 Å². The minimum absolute atomic E-state index is 0.238. The van der Waals surface area contributed by atoms with Crippen LogP contribution in [0.4, 0.5) is 5.69 Å². The van der Waals surface area contributed by atoms with Gasteiger partial charge in [0.1, 0.15) is 5.75 Å². The highest BCUT2D eigenvalue weighted by atomic mass is 35.5. The van der Waals surface area contributed by atoms with Gasteiger partial charge in [-0.1, -0.05) is 11.6 Å². The lowest BCUT2D eigenvalue weighted by Gasteiger charge is -2.07. The zero-order chi connectivity index (χ0) is 15.5. The van der Waals surface area contributed by atoms with Gasteiger partial charge in [0.25, 0.3) is 0 Å². The fraction of sp³-hybridized carbons (Fsp3) is 0.0588. The molecule has 1 aromatic heterocycles. The Labute approximate surface area is 133 Å². The van der Waals surface area contributed by atoms with Gasteiger partial charge in [0.05, 0.1) is 16.9 Å². The molecular weight excluding hydrogens is 298 g/mol. The van der Waals surface area contributed by atoms with Crippen molar-refractivity contribution in [3.63, 3.8) is 0 Å². The molecule has 2 N–H and O–H groups in total. The lowest BCUT2D eigenvalue weighted by molar-refractivity contribution is 0.475. The highest BCUT2D eigenvalue weighted by Gasteiger charge is 2.03. The molecule has 3 rings (SSSR count). The lowest BCUT2D eigenvalue weighted by Crippen LogP contribution is -2.00. The first-order valence-corrected chi connectivity index (χ1v) is 7.15. The maximum absolute atomic E-state index is 9.31. The number of phenolic OH excluding ortho intramolecular Hbond substituents is 1. The average Bonchev–Trinajstić information content (AvgIpc) is 2.52. The molecule has 0 amide bonds. The van der Waals surface area contributed by atoms with E-state index in [2.05, 4.69) is 15.5 Å². The third-order valence-electron chi connectivity index (χ3n) is 3.33. The Morgan fingerprint density at radius 1 is 1.14 bits per heavy atom. The Morgan fingerprint density at radius 2 is 1.91 bits per heavy atom. The van der Waals surface area contributed by atoms with Crippen molar-refractivity contribution < 1.29 is 5.11 Å². The highest BCUT2D eigenvalue weighted by molar-refractivity contribution is 6.31. The molecule has 0 saturated carbocycles. The van der Waals surface area contributed by atoms with E-state index in [-0.39, 0.29) is 5.75 Å². The second-order valence-electron chi connectivity index (χ2n) is 4.88. The van der Waals surface area contributed by atoms with Crippen molar-refractivity contribution in [2.24, 2.45) is 5.10 Å². The zero-order valence-corrected chi connectivity index (χ0v) is 12.7. The fourth-order valence-electron chi connectivity index (χ4n) is 2.13. The second kappa shape index (κ2) is 6.03. The van der Waals surface area contributed by atoms with E-state index in [1.165, 1.54) is 0 Å². The van der Waals surface area contributed by atoms with E-state index in [1.54, 1.807) is 18.3 Å². The first kappa shape index (κ1) is 14.4. The molecule has 0 bridgehead atoms. The molecule has 0 spiro atoms. The van der Waals surface area contributed by atoms with Crippen LogP contribution < -0.4 is 5.43 Å². The van der Waals surface area contributed by atoms with Gasteiger partial charge in [-0.2, -0.15) is 5.10 Å². The van der Waals surface area contributed by atoms with E-state index in [4.69, 9.17) is 11.6 Å². The average molecular weight is 312 g/mol. The van der Waals surface area contributed by atoms with Crippen LogP contribution in [0.3, 0.4) is 0 Å². The van der Waals surface area contributed by atoms with E-state index in [9.17, 15) is 5.11 Å². The quantitative estimate of drug-likeness (QED) is 0.555. The van der Waals surface area contributed by atoms with Crippen LogP contribution in [-0.4, -0.2) is 15.8 Å². The first-order chi connectivity index (χ1) is 10.6. The molecule has 22 heavy (non-hydrogen) atoms. The smallest absolute Gasteiger partial charge is 0.115 e. The number of nitrogens with one attached hydrogen (secondary N) is 1. The number of benzene rings is 2. The summed E-state index contributed by atoms with van der Waals surface area (Å²) < 4.78 is 0. The molecule has 0 radical (unpaired) electrons. The molecule has 1 heterocycles. The van der Waals surface area contributed by atoms with E-state index in [1.807, 2.05) is 43.3 Å². The number of fused-ring (bicyclic) bond motifs is 1. The van der Waals surface area contributed by atoms with E-state index in [0.29, 0.717) is 5.02 Å². The van der Waals surface area contributed by atoms with E-state index < -0.39 is 0 Å². The molecule has 110 valence electrons. The predicted octanol–water partition coefficient (Wildman–Crippen LogP) is 4.43. The molecule has 0 saturated heterocycles. The van der Waals surface area contributed by atoms with Crippen molar-refractivity contribution in [1.29, 1.82) is 0 Å². The third kappa shape index (κ3) is 3.02. The van der Waals surface area contributed by atoms with Gasteiger partial charge >= 0.3 is 0 Å². The number of aromatic nitrogens is 1. The number of hydrogen-bond donors (Lipinski definition) is 2. The Hall–Kier alpha value is -2.59. The van der Waals surface area contributed by atoms with Crippen LogP contribution >= 0.6 is 11.6 Å². The van der Waals surface area contributed by atoms with Crippen molar-refractivity contribution in [3.05, 3.63) is 65.3 Å². The number of rotatable bonds is 3. The standard InChI is InChI=1S/C17H14ClN3O/c1-11(12-2-5-14(22)6-3-12)20-21-16-8-9-19-17-10-13(18)4-7-15(16)17/h2-10,22H,1H3,(H,19,21). The van der Waals surface area contributed by atoms with Crippen molar-refractivity contribution in [2.75, 3.05) is 5.43 Å². The molecule has 4 nitrogen and oxygen atoms in total. The van der Waals surface area contributed by atoms with E-state index >= 15 is 0 Å². The Bertz CT molecular complexity index is 844. The zero-order valence-electron chi connectivity index (χ0n) is 11.9. The minimum atomic E-state index is 0.238. The Kier molecular flexibility index (Phi) is 3.94. The van der Waals surface area contributed by atoms with Gasteiger partial charge in [0.15, 0.2) is 0 Å². The molecule has 0 fully saturated rings. The van der Waals surface area contributed by atoms with Crippen LogP contribution in [0.25, 0.3) is 10.9 Å². The van der Waals surface area contributed by atoms with Gasteiger partial charge in [0.2, 0.25) is 0 Å². The summed E-state index contributed by atoms with van der Waals surface area (Å²) in [5.41, 5.74) is 6.49. The molecule has 0 aliphatic heterocycles. The third-order valence-corrected chi connectivity index (χ3v) is 3.57. The molecule has 0 aliphatic carbocycles. The number of aromatic hydroxyl groups is 1. The number of phenols is 1. The van der Waals surface area contributed by atoms with Gasteiger partial charge in [-0.3, -0.25) is 10.4 Å². The number of hydrazone groups is 1. The summed E-state index contributed by atoms with van der Waals surface area (Å²) >= 11 is 5.98. The van der Waals surface area contributed by atoms with Gasteiger partial charge in [0, 0.05) is 16.6 Å². The fourth-order valence-corrected chi connectivity index (χ4v) is 2.30. The number of anilines is 1. The predicted molar refractivity (Wildman–Crippen MR) is 90.7 cm³/mol. The molecule has 2 aromatic carbocycles. The van der Waals surface area contributed by atoms with E-state index in [0.717, 1.165) is 27.9 Å². The first-order valence-electron chi connectivity index (χ1n) is 6.77. The topological polar surface area (TPSA) is 57.5 Å². The monoisotopic (exact) mass is 311 g/mol. The summed E-state index contributed by atoms with van der Waals surface area (Å²) in [6, 6.07) is 14.3. The van der Waals surface area contributed by atoms with Crippen LogP contribution in [0, 0.1) is 0 Å². The maximum Gasteiger partial charge on any atom is 0.115 e. The molecule has 0 aliphatic rings. The van der Waals surface area contributed by atoms with Crippen molar-refractivity contribution in [1.82, 2.24) is 4.98 Å². The lowest BCUT2D eigenvalue weighted by atomic mass is 10.1. The number of nitrogens with zero attached hydrogens (tertiary/aromatic N) is 2. The maximum atomic E-state index is 9.31. The van der Waals surface area contributed by atoms with Crippen LogP contribution in [-0.2, 0) is 0 Å². The van der Waals surface area contributed by atoms with Gasteiger partial charge < -0.3 is 5.11 Å². The number of pyridine rings is 1. The summed E-state index contributed by atoms with van der Waals surface area (Å²) in [4.78, 5) is 4.30. The van der Waals surface area contributed by atoms with Gasteiger partial charge in [-0.05, 0) is 61.0 Å². The van der Waals surface area contributed by atoms with Gasteiger partial charge in [-0.25, -0.2) is 0 Å². The van der Waals surface area contributed by atoms with Gasteiger partial charge in [-0.15, -0.1) is 0 Å². The second-order valence-corrected chi connectivity index (χ2v) is 5.31. The Balaban J connectivity index is 1.90. The number of hydrogen-bond acceptors (Lipinski definition) is 4. The summed E-state index contributed by atoms with van der Waals surface area (Å²) in [5, 5.41) is 15.3. The minimum Gasteiger partial charge on any atom is -0.508 e. The molecule has 5 heteroatoms. The summed E-state index contributed by atoms with van der Waals surface area (Å²) in [6.45, 7) is 1.90. The highest BCUT2D eigenvalue weighted by Crippen LogP contribution is 2.24. The molecule has 0 unspecified atom stereocenters.